The fraction of sp³-hybridized carbons (Fsp3) is 0.357. The third-order valence-corrected chi connectivity index (χ3v) is 3.44. The zero-order valence-corrected chi connectivity index (χ0v) is 11.7. The van der Waals surface area contributed by atoms with Gasteiger partial charge < -0.3 is 24.4 Å². The summed E-state index contributed by atoms with van der Waals surface area (Å²) >= 11 is 0. The monoisotopic (exact) mass is 312 g/mol. The van der Waals surface area contributed by atoms with Crippen molar-refractivity contribution in [1.82, 2.24) is 5.16 Å². The van der Waals surface area contributed by atoms with Gasteiger partial charge in [-0.15, -0.1) is 0 Å². The molecule has 0 amide bonds. The summed E-state index contributed by atoms with van der Waals surface area (Å²) < 4.78 is 43.1. The van der Waals surface area contributed by atoms with Crippen LogP contribution in [0.3, 0.4) is 0 Å². The number of ether oxygens (including phenoxy) is 2. The highest BCUT2D eigenvalue weighted by molar-refractivity contribution is 5.89. The summed E-state index contributed by atoms with van der Waals surface area (Å²) in [5.41, 5.74) is -0.402. The number of nitrogens with one attached hydrogen (secondary N) is 1. The highest BCUT2D eigenvalue weighted by Gasteiger charge is 2.27. The lowest BCUT2D eigenvalue weighted by atomic mass is 10.1. The van der Waals surface area contributed by atoms with Gasteiger partial charge in [0.05, 0.1) is 23.6 Å². The van der Waals surface area contributed by atoms with Crippen molar-refractivity contribution >= 4 is 16.8 Å². The van der Waals surface area contributed by atoms with E-state index in [0.717, 1.165) is 0 Å². The highest BCUT2D eigenvalue weighted by Crippen LogP contribution is 2.35. The Morgan fingerprint density at radius 2 is 2.05 bits per heavy atom. The van der Waals surface area contributed by atoms with Crippen LogP contribution in [-0.4, -0.2) is 22.9 Å². The van der Waals surface area contributed by atoms with Crippen LogP contribution in [0, 0.1) is 11.6 Å². The third-order valence-electron chi connectivity index (χ3n) is 3.44. The first-order valence-electron chi connectivity index (χ1n) is 6.76. The first-order valence-corrected chi connectivity index (χ1v) is 6.76. The SMILES string of the molecule is CC[C@@H](CO)Nc1noc2c(F)c(F)c(C3OC=CO3)cc12. The lowest BCUT2D eigenvalue weighted by Gasteiger charge is -2.14. The van der Waals surface area contributed by atoms with E-state index in [2.05, 4.69) is 10.5 Å². The summed E-state index contributed by atoms with van der Waals surface area (Å²) in [5, 5.41) is 16.1. The molecule has 0 saturated heterocycles. The molecule has 0 unspecified atom stereocenters. The Morgan fingerprint density at radius 3 is 2.68 bits per heavy atom. The first kappa shape index (κ1) is 14.6. The van der Waals surface area contributed by atoms with Crippen molar-refractivity contribution in [3.63, 3.8) is 0 Å². The molecule has 2 heterocycles. The molecule has 0 fully saturated rings. The predicted molar refractivity (Wildman–Crippen MR) is 72.8 cm³/mol. The van der Waals surface area contributed by atoms with E-state index in [4.69, 9.17) is 14.0 Å². The molecular weight excluding hydrogens is 298 g/mol. The van der Waals surface area contributed by atoms with E-state index in [9.17, 15) is 13.9 Å². The zero-order valence-electron chi connectivity index (χ0n) is 11.7. The topological polar surface area (TPSA) is 76.8 Å². The van der Waals surface area contributed by atoms with Crippen molar-refractivity contribution in [3.8, 4) is 0 Å². The smallest absolute Gasteiger partial charge is 0.269 e. The molecule has 1 aliphatic heterocycles. The number of halogens is 2. The fourth-order valence-electron chi connectivity index (χ4n) is 2.17. The minimum Gasteiger partial charge on any atom is -0.455 e. The molecule has 6 nitrogen and oxygen atoms in total. The van der Waals surface area contributed by atoms with E-state index >= 15 is 0 Å². The minimum absolute atomic E-state index is 0.0988. The number of nitrogens with zero attached hydrogens (tertiary/aromatic N) is 1. The molecule has 118 valence electrons. The number of aliphatic hydroxyl groups excluding tert-OH is 1. The number of fused-ring (bicyclic) bond motifs is 1. The van der Waals surface area contributed by atoms with E-state index in [1.54, 1.807) is 0 Å². The molecule has 3 rings (SSSR count). The summed E-state index contributed by atoms with van der Waals surface area (Å²) in [6, 6.07) is 1.08. The van der Waals surface area contributed by atoms with Gasteiger partial charge in [-0.2, -0.15) is 4.39 Å². The second kappa shape index (κ2) is 5.80. The molecule has 1 aromatic heterocycles. The Kier molecular flexibility index (Phi) is 3.84. The Bertz CT molecular complexity index is 704. The van der Waals surface area contributed by atoms with E-state index in [0.29, 0.717) is 6.42 Å². The number of anilines is 1. The number of benzene rings is 1. The van der Waals surface area contributed by atoms with Crippen LogP contribution in [0.1, 0.15) is 25.2 Å². The van der Waals surface area contributed by atoms with E-state index in [1.165, 1.54) is 18.6 Å². The maximum absolute atomic E-state index is 14.1. The van der Waals surface area contributed by atoms with Crippen LogP contribution in [0.25, 0.3) is 11.0 Å². The molecular formula is C14H14F2N2O4. The van der Waals surface area contributed by atoms with Gasteiger partial charge in [-0.1, -0.05) is 12.1 Å². The van der Waals surface area contributed by atoms with Gasteiger partial charge in [0.25, 0.3) is 6.29 Å². The second-order valence-corrected chi connectivity index (χ2v) is 4.81. The summed E-state index contributed by atoms with van der Waals surface area (Å²) in [6.45, 7) is 1.74. The van der Waals surface area contributed by atoms with Crippen LogP contribution in [-0.2, 0) is 9.47 Å². The molecule has 8 heteroatoms. The lowest BCUT2D eigenvalue weighted by Crippen LogP contribution is -2.22. The van der Waals surface area contributed by atoms with Crippen LogP contribution in [0.2, 0.25) is 0 Å². The van der Waals surface area contributed by atoms with E-state index in [-0.39, 0.29) is 35.0 Å². The maximum atomic E-state index is 14.1. The molecule has 0 radical (unpaired) electrons. The molecule has 1 atom stereocenters. The lowest BCUT2D eigenvalue weighted by molar-refractivity contribution is -0.0274. The fourth-order valence-corrected chi connectivity index (χ4v) is 2.17. The third kappa shape index (κ3) is 2.35. The molecule has 1 aromatic carbocycles. The average Bonchev–Trinajstić information content (AvgIpc) is 3.18. The molecule has 2 aromatic rings. The number of aromatic nitrogens is 1. The summed E-state index contributed by atoms with van der Waals surface area (Å²) in [7, 11) is 0. The zero-order chi connectivity index (χ0) is 15.7. The predicted octanol–water partition coefficient (Wildman–Crippen LogP) is 2.81. The first-order chi connectivity index (χ1) is 10.7. The molecule has 0 saturated carbocycles. The largest absolute Gasteiger partial charge is 0.455 e. The van der Waals surface area contributed by atoms with Crippen LogP contribution >= 0.6 is 0 Å². The highest BCUT2D eigenvalue weighted by atomic mass is 19.2. The van der Waals surface area contributed by atoms with Crippen LogP contribution < -0.4 is 5.32 Å². The van der Waals surface area contributed by atoms with Gasteiger partial charge in [0.2, 0.25) is 11.4 Å². The number of hydrogen-bond acceptors (Lipinski definition) is 6. The second-order valence-electron chi connectivity index (χ2n) is 4.81. The van der Waals surface area contributed by atoms with Gasteiger partial charge in [-0.25, -0.2) is 4.39 Å². The molecule has 0 bridgehead atoms. The van der Waals surface area contributed by atoms with E-state index < -0.39 is 17.9 Å². The van der Waals surface area contributed by atoms with Gasteiger partial charge in [-0.3, -0.25) is 0 Å². The Hall–Kier alpha value is -2.35. The summed E-state index contributed by atoms with van der Waals surface area (Å²) in [5.74, 6) is -2.05. The van der Waals surface area contributed by atoms with Crippen molar-refractivity contribution < 1.29 is 27.9 Å². The van der Waals surface area contributed by atoms with Crippen LogP contribution in [0.5, 0.6) is 0 Å². The molecule has 2 N–H and O–H groups in total. The molecule has 22 heavy (non-hydrogen) atoms. The number of hydrogen-bond donors (Lipinski definition) is 2. The quantitative estimate of drug-likeness (QED) is 0.884. The molecule has 1 aliphatic rings. The maximum Gasteiger partial charge on any atom is 0.269 e. The van der Waals surface area contributed by atoms with Crippen molar-refractivity contribution in [1.29, 1.82) is 0 Å². The van der Waals surface area contributed by atoms with E-state index in [1.807, 2.05) is 6.92 Å². The normalized spacial score (nSPS) is 15.8. The van der Waals surface area contributed by atoms with Gasteiger partial charge in [0, 0.05) is 0 Å². The van der Waals surface area contributed by atoms with Crippen LogP contribution in [0.4, 0.5) is 14.6 Å². The Morgan fingerprint density at radius 1 is 1.32 bits per heavy atom. The summed E-state index contributed by atoms with van der Waals surface area (Å²) in [6.07, 6.45) is 2.07. The Labute approximate surface area is 124 Å². The molecule has 0 spiro atoms. The number of rotatable bonds is 5. The minimum atomic E-state index is -1.16. The van der Waals surface area contributed by atoms with Gasteiger partial charge >= 0.3 is 0 Å². The molecule has 0 aliphatic carbocycles. The van der Waals surface area contributed by atoms with Gasteiger partial charge in [-0.05, 0) is 12.5 Å². The Balaban J connectivity index is 2.05. The van der Waals surface area contributed by atoms with Crippen LogP contribution in [0.15, 0.2) is 23.1 Å². The summed E-state index contributed by atoms with van der Waals surface area (Å²) in [4.78, 5) is 0. The standard InChI is InChI=1S/C14H14F2N2O4/c1-2-7(6-19)17-13-9-5-8(14-20-3-4-21-14)10(15)11(16)12(9)22-18-13/h3-5,7,14,19H,2,6H2,1H3,(H,17,18)/t7-/m0/s1. The van der Waals surface area contributed by atoms with Crippen molar-refractivity contribution in [2.24, 2.45) is 0 Å². The van der Waals surface area contributed by atoms with Crippen molar-refractivity contribution in [2.75, 3.05) is 11.9 Å². The average molecular weight is 312 g/mol. The van der Waals surface area contributed by atoms with Crippen molar-refractivity contribution in [3.05, 3.63) is 35.8 Å². The van der Waals surface area contributed by atoms with Gasteiger partial charge in [0.15, 0.2) is 11.6 Å². The number of aliphatic hydroxyl groups is 1. The van der Waals surface area contributed by atoms with Gasteiger partial charge in [0.1, 0.15) is 12.5 Å². The van der Waals surface area contributed by atoms with Crippen molar-refractivity contribution in [2.45, 2.75) is 25.7 Å².